The standard InChI is InChI=1S/C22H30N4O4/c1-3-24-12-7-8-17(24)15-25(13-11-22(29)30-4-2)21(28)16-26-19-10-6-5-9-18(19)23-14-20(26)27/h5-6,9-10,14,17H,3-4,7-8,11-13,15-16H2,1-2H3. The highest BCUT2D eigenvalue weighted by Gasteiger charge is 2.27. The molecule has 0 bridgehead atoms. The first kappa shape index (κ1) is 22.0. The van der Waals surface area contributed by atoms with Crippen LogP contribution in [0.5, 0.6) is 0 Å². The van der Waals surface area contributed by atoms with Crippen molar-refractivity contribution in [2.45, 2.75) is 45.7 Å². The smallest absolute Gasteiger partial charge is 0.307 e. The Bertz CT molecular complexity index is 942. The van der Waals surface area contributed by atoms with Crippen LogP contribution in [0.2, 0.25) is 0 Å². The number of hydrogen-bond donors (Lipinski definition) is 0. The molecule has 0 radical (unpaired) electrons. The number of esters is 1. The Hall–Kier alpha value is -2.74. The number of para-hydroxylation sites is 2. The molecule has 0 saturated carbocycles. The molecule has 1 fully saturated rings. The molecule has 0 N–H and O–H groups in total. The van der Waals surface area contributed by atoms with E-state index in [1.54, 1.807) is 17.9 Å². The average molecular weight is 415 g/mol. The first-order valence-corrected chi connectivity index (χ1v) is 10.7. The molecule has 8 heteroatoms. The predicted molar refractivity (Wildman–Crippen MR) is 114 cm³/mol. The molecule has 0 aliphatic carbocycles. The molecule has 1 saturated heterocycles. The number of amides is 1. The summed E-state index contributed by atoms with van der Waals surface area (Å²) in [5.41, 5.74) is 0.971. The second-order valence-electron chi connectivity index (χ2n) is 7.49. The van der Waals surface area contributed by atoms with Gasteiger partial charge < -0.3 is 9.64 Å². The minimum absolute atomic E-state index is 0.0798. The minimum atomic E-state index is -0.319. The van der Waals surface area contributed by atoms with E-state index in [9.17, 15) is 14.4 Å². The molecular formula is C22H30N4O4. The van der Waals surface area contributed by atoms with E-state index in [1.165, 1.54) is 10.8 Å². The summed E-state index contributed by atoms with van der Waals surface area (Å²) in [7, 11) is 0. The Kier molecular flexibility index (Phi) is 7.57. The summed E-state index contributed by atoms with van der Waals surface area (Å²) >= 11 is 0. The quantitative estimate of drug-likeness (QED) is 0.580. The van der Waals surface area contributed by atoms with Gasteiger partial charge in [-0.3, -0.25) is 23.9 Å². The van der Waals surface area contributed by atoms with Crippen LogP contribution in [0.15, 0.2) is 35.3 Å². The summed E-state index contributed by atoms with van der Waals surface area (Å²) < 4.78 is 6.48. The molecule has 30 heavy (non-hydrogen) atoms. The average Bonchev–Trinajstić information content (AvgIpc) is 3.20. The number of ether oxygens (including phenoxy) is 1. The number of hydrogen-bond acceptors (Lipinski definition) is 6. The van der Waals surface area contributed by atoms with Crippen LogP contribution in [-0.4, -0.2) is 70.1 Å². The predicted octanol–water partition coefficient (Wildman–Crippen LogP) is 1.66. The van der Waals surface area contributed by atoms with Gasteiger partial charge in [0.05, 0.1) is 30.3 Å². The zero-order chi connectivity index (χ0) is 21.5. The van der Waals surface area contributed by atoms with Crippen molar-refractivity contribution in [3.8, 4) is 0 Å². The van der Waals surface area contributed by atoms with E-state index < -0.39 is 0 Å². The van der Waals surface area contributed by atoms with E-state index in [-0.39, 0.29) is 43.0 Å². The number of rotatable bonds is 9. The fourth-order valence-corrected chi connectivity index (χ4v) is 4.06. The van der Waals surface area contributed by atoms with Gasteiger partial charge in [-0.1, -0.05) is 19.1 Å². The third kappa shape index (κ3) is 5.24. The zero-order valence-corrected chi connectivity index (χ0v) is 17.7. The Morgan fingerprint density at radius 1 is 1.27 bits per heavy atom. The van der Waals surface area contributed by atoms with Crippen LogP contribution < -0.4 is 5.56 Å². The van der Waals surface area contributed by atoms with Gasteiger partial charge in [-0.25, -0.2) is 4.98 Å². The number of likely N-dealkylation sites (N-methyl/N-ethyl adjacent to an activating group) is 1. The van der Waals surface area contributed by atoms with Gasteiger partial charge in [0, 0.05) is 19.1 Å². The van der Waals surface area contributed by atoms with Crippen molar-refractivity contribution >= 4 is 22.9 Å². The normalized spacial score (nSPS) is 16.7. The van der Waals surface area contributed by atoms with Crippen LogP contribution >= 0.6 is 0 Å². The molecule has 162 valence electrons. The summed E-state index contributed by atoms with van der Waals surface area (Å²) in [5, 5.41) is 0. The van der Waals surface area contributed by atoms with Gasteiger partial charge in [-0.2, -0.15) is 0 Å². The van der Waals surface area contributed by atoms with Crippen molar-refractivity contribution in [2.75, 3.05) is 32.8 Å². The maximum absolute atomic E-state index is 13.2. The molecule has 1 aromatic heterocycles. The summed E-state index contributed by atoms with van der Waals surface area (Å²) in [5.74, 6) is -0.499. The largest absolute Gasteiger partial charge is 0.466 e. The van der Waals surface area contributed by atoms with E-state index in [0.717, 1.165) is 25.9 Å². The topological polar surface area (TPSA) is 84.7 Å². The number of aromatic nitrogens is 2. The van der Waals surface area contributed by atoms with Crippen LogP contribution in [0.3, 0.4) is 0 Å². The summed E-state index contributed by atoms with van der Waals surface area (Å²) in [6, 6.07) is 7.53. The first-order valence-electron chi connectivity index (χ1n) is 10.7. The van der Waals surface area contributed by atoms with Crippen molar-refractivity contribution in [1.82, 2.24) is 19.4 Å². The van der Waals surface area contributed by atoms with Crippen LogP contribution in [0, 0.1) is 0 Å². The lowest BCUT2D eigenvalue weighted by molar-refractivity contribution is -0.144. The SMILES string of the molecule is CCOC(=O)CCN(CC1CCCN1CC)C(=O)Cn1c(=O)cnc2ccccc21. The fourth-order valence-electron chi connectivity index (χ4n) is 4.06. The summed E-state index contributed by atoms with van der Waals surface area (Å²) in [6.07, 6.45) is 3.51. The van der Waals surface area contributed by atoms with Crippen molar-refractivity contribution in [3.05, 3.63) is 40.8 Å². The Labute approximate surface area is 176 Å². The van der Waals surface area contributed by atoms with Crippen molar-refractivity contribution in [3.63, 3.8) is 0 Å². The maximum Gasteiger partial charge on any atom is 0.307 e. The number of carbonyl (C=O) groups is 2. The molecule has 2 heterocycles. The van der Waals surface area contributed by atoms with Crippen molar-refractivity contribution < 1.29 is 14.3 Å². The second-order valence-corrected chi connectivity index (χ2v) is 7.49. The molecule has 8 nitrogen and oxygen atoms in total. The summed E-state index contributed by atoms with van der Waals surface area (Å²) in [6.45, 7) is 6.90. The third-order valence-electron chi connectivity index (χ3n) is 5.63. The van der Waals surface area contributed by atoms with Crippen LogP contribution in [0.25, 0.3) is 11.0 Å². The number of nitrogens with zero attached hydrogens (tertiary/aromatic N) is 4. The van der Waals surface area contributed by atoms with Gasteiger partial charge in [0.25, 0.3) is 5.56 Å². The second kappa shape index (κ2) is 10.3. The highest BCUT2D eigenvalue weighted by molar-refractivity contribution is 5.80. The maximum atomic E-state index is 13.2. The molecule has 1 unspecified atom stereocenters. The van der Waals surface area contributed by atoms with E-state index in [4.69, 9.17) is 4.74 Å². The lowest BCUT2D eigenvalue weighted by Gasteiger charge is -2.30. The van der Waals surface area contributed by atoms with Crippen LogP contribution in [-0.2, 0) is 20.9 Å². The minimum Gasteiger partial charge on any atom is -0.466 e. The zero-order valence-electron chi connectivity index (χ0n) is 17.7. The van der Waals surface area contributed by atoms with Gasteiger partial charge in [-0.15, -0.1) is 0 Å². The van der Waals surface area contributed by atoms with Gasteiger partial charge in [0.1, 0.15) is 6.54 Å². The van der Waals surface area contributed by atoms with Crippen LogP contribution in [0.4, 0.5) is 0 Å². The van der Waals surface area contributed by atoms with Gasteiger partial charge >= 0.3 is 5.97 Å². The molecule has 1 atom stereocenters. The molecular weight excluding hydrogens is 384 g/mol. The molecule has 3 rings (SSSR count). The van der Waals surface area contributed by atoms with Crippen molar-refractivity contribution in [2.24, 2.45) is 0 Å². The van der Waals surface area contributed by atoms with E-state index in [2.05, 4.69) is 16.8 Å². The van der Waals surface area contributed by atoms with Gasteiger partial charge in [-0.05, 0) is 45.0 Å². The first-order chi connectivity index (χ1) is 14.5. The molecule has 1 aliphatic heterocycles. The number of fused-ring (bicyclic) bond motifs is 1. The number of benzene rings is 1. The molecule has 1 aliphatic rings. The van der Waals surface area contributed by atoms with Gasteiger partial charge in [0.15, 0.2) is 0 Å². The van der Waals surface area contributed by atoms with E-state index in [1.807, 2.05) is 18.2 Å². The highest BCUT2D eigenvalue weighted by Crippen LogP contribution is 2.18. The fraction of sp³-hybridized carbons (Fsp3) is 0.545. The van der Waals surface area contributed by atoms with Crippen LogP contribution in [0.1, 0.15) is 33.1 Å². The Morgan fingerprint density at radius 2 is 2.07 bits per heavy atom. The molecule has 2 aromatic rings. The van der Waals surface area contributed by atoms with Crippen molar-refractivity contribution in [1.29, 1.82) is 0 Å². The lowest BCUT2D eigenvalue weighted by atomic mass is 10.2. The molecule has 1 aromatic carbocycles. The third-order valence-corrected chi connectivity index (χ3v) is 5.63. The lowest BCUT2D eigenvalue weighted by Crippen LogP contribution is -2.45. The van der Waals surface area contributed by atoms with E-state index >= 15 is 0 Å². The molecule has 0 spiro atoms. The molecule has 1 amide bonds. The number of carbonyl (C=O) groups excluding carboxylic acids is 2. The Balaban J connectivity index is 1.80. The van der Waals surface area contributed by atoms with E-state index in [0.29, 0.717) is 24.2 Å². The highest BCUT2D eigenvalue weighted by atomic mass is 16.5. The van der Waals surface area contributed by atoms with Gasteiger partial charge in [0.2, 0.25) is 5.91 Å². The monoisotopic (exact) mass is 414 g/mol. The summed E-state index contributed by atoms with van der Waals surface area (Å²) in [4.78, 5) is 45.8. The Morgan fingerprint density at radius 3 is 2.83 bits per heavy atom. The number of likely N-dealkylation sites (tertiary alicyclic amines) is 1.